The average Bonchev–Trinajstić information content (AvgIpc) is 3.27. The number of fused-ring (bicyclic) bond motifs is 1. The van der Waals surface area contributed by atoms with Crippen LogP contribution in [0.2, 0.25) is 0 Å². The molecule has 48 heavy (non-hydrogen) atoms. The minimum absolute atomic E-state index is 0.0251. The summed E-state index contributed by atoms with van der Waals surface area (Å²) in [5.41, 5.74) is 8.04. The van der Waals surface area contributed by atoms with Crippen LogP contribution in [0.25, 0.3) is 0 Å². The number of halogens is 2. The predicted molar refractivity (Wildman–Crippen MR) is 196 cm³/mol. The van der Waals surface area contributed by atoms with Crippen LogP contribution in [-0.4, -0.2) is 138 Å². The number of benzene rings is 2. The second-order valence-corrected chi connectivity index (χ2v) is 16.8. The highest BCUT2D eigenvalue weighted by molar-refractivity contribution is 9.09. The van der Waals surface area contributed by atoms with Gasteiger partial charge in [0.25, 0.3) is 0 Å². The number of rotatable bonds is 8. The SMILES string of the molecule is CN1CCC(N2CCN(C(=O)[C@H](CBr)N(c3ccccc3)S(=O)(=O)N3CCC(N)(N4CCc5ccccc5NC4=O)C(Br)C3)CC2)CC1. The van der Waals surface area contributed by atoms with Gasteiger partial charge in [0, 0.05) is 62.9 Å². The first-order valence-corrected chi connectivity index (χ1v) is 20.2. The van der Waals surface area contributed by atoms with Crippen LogP contribution in [0, 0.1) is 0 Å². The van der Waals surface area contributed by atoms with Crippen molar-refractivity contribution < 1.29 is 18.0 Å². The van der Waals surface area contributed by atoms with Gasteiger partial charge in [-0.05, 0) is 69.6 Å². The fraction of sp³-hybridized carbons (Fsp3) is 0.576. The van der Waals surface area contributed by atoms with Crippen molar-refractivity contribution in [1.29, 1.82) is 0 Å². The monoisotopic (exact) mass is 808 g/mol. The molecule has 6 rings (SSSR count). The third kappa shape index (κ3) is 7.14. The largest absolute Gasteiger partial charge is 0.338 e. The highest BCUT2D eigenvalue weighted by atomic mass is 79.9. The van der Waals surface area contributed by atoms with Crippen LogP contribution >= 0.6 is 31.9 Å². The lowest BCUT2D eigenvalue weighted by Gasteiger charge is -2.49. The van der Waals surface area contributed by atoms with Crippen molar-refractivity contribution >= 4 is 65.4 Å². The van der Waals surface area contributed by atoms with Crippen molar-refractivity contribution in [3.63, 3.8) is 0 Å². The van der Waals surface area contributed by atoms with Gasteiger partial charge in [-0.1, -0.05) is 68.3 Å². The lowest BCUT2D eigenvalue weighted by molar-refractivity contribution is -0.134. The fourth-order valence-electron chi connectivity index (χ4n) is 7.46. The number of anilines is 2. The number of piperidine rings is 2. The van der Waals surface area contributed by atoms with Crippen molar-refractivity contribution in [3.05, 3.63) is 60.2 Å². The van der Waals surface area contributed by atoms with E-state index in [1.807, 2.05) is 35.2 Å². The second-order valence-electron chi connectivity index (χ2n) is 13.3. The van der Waals surface area contributed by atoms with Crippen LogP contribution < -0.4 is 15.4 Å². The van der Waals surface area contributed by atoms with E-state index in [1.54, 1.807) is 29.2 Å². The highest BCUT2D eigenvalue weighted by Gasteiger charge is 2.50. The Morgan fingerprint density at radius 2 is 1.67 bits per heavy atom. The quantitative estimate of drug-likeness (QED) is 0.393. The zero-order chi connectivity index (χ0) is 34.1. The predicted octanol–water partition coefficient (Wildman–Crippen LogP) is 2.95. The number of carbonyl (C=O) groups excluding carboxylic acids is 2. The van der Waals surface area contributed by atoms with Crippen LogP contribution in [0.5, 0.6) is 0 Å². The van der Waals surface area contributed by atoms with Crippen molar-refractivity contribution in [2.24, 2.45) is 5.73 Å². The molecule has 2 unspecified atom stereocenters. The normalized spacial score (nSPS) is 26.0. The zero-order valence-electron chi connectivity index (χ0n) is 27.4. The van der Waals surface area contributed by atoms with E-state index in [1.165, 1.54) is 8.61 Å². The summed E-state index contributed by atoms with van der Waals surface area (Å²) in [7, 11) is -2.06. The second kappa shape index (κ2) is 14.9. The summed E-state index contributed by atoms with van der Waals surface area (Å²) < 4.78 is 32.0. The maximum Gasteiger partial charge on any atom is 0.323 e. The van der Waals surface area contributed by atoms with Gasteiger partial charge in [-0.15, -0.1) is 0 Å². The third-order valence-electron chi connectivity index (χ3n) is 10.4. The molecule has 3 amide bonds. The van der Waals surface area contributed by atoms with E-state index in [0.717, 1.165) is 50.3 Å². The van der Waals surface area contributed by atoms with E-state index in [2.05, 4.69) is 54.0 Å². The van der Waals surface area contributed by atoms with E-state index >= 15 is 0 Å². The Bertz CT molecular complexity index is 1560. The van der Waals surface area contributed by atoms with Gasteiger partial charge in [-0.25, -0.2) is 9.10 Å². The van der Waals surface area contributed by atoms with Crippen molar-refractivity contribution in [2.75, 3.05) is 80.9 Å². The Kier molecular flexibility index (Phi) is 11.0. The molecule has 262 valence electrons. The van der Waals surface area contributed by atoms with E-state index in [-0.39, 0.29) is 36.8 Å². The maximum absolute atomic E-state index is 14.7. The smallest absolute Gasteiger partial charge is 0.323 e. The Hall–Kier alpha value is -2.27. The number of carbonyl (C=O) groups is 2. The molecule has 15 heteroatoms. The molecule has 3 saturated heterocycles. The summed E-state index contributed by atoms with van der Waals surface area (Å²) in [5, 5.41) is 3.11. The lowest BCUT2D eigenvalue weighted by atomic mass is 9.96. The summed E-state index contributed by atoms with van der Waals surface area (Å²) in [6.45, 7) is 5.33. The van der Waals surface area contributed by atoms with Crippen LogP contribution in [0.15, 0.2) is 54.6 Å². The Labute approximate surface area is 301 Å². The molecular weight excluding hydrogens is 764 g/mol. The number of hydrogen-bond donors (Lipinski definition) is 2. The summed E-state index contributed by atoms with van der Waals surface area (Å²) in [4.78, 5) is 35.3. The molecule has 4 aliphatic heterocycles. The summed E-state index contributed by atoms with van der Waals surface area (Å²) in [6.07, 6.45) is 3.08. The van der Waals surface area contributed by atoms with E-state index in [4.69, 9.17) is 5.73 Å². The van der Waals surface area contributed by atoms with Gasteiger partial charge >= 0.3 is 16.2 Å². The number of nitrogens with one attached hydrogen (secondary N) is 1. The molecule has 0 radical (unpaired) electrons. The Balaban J connectivity index is 1.18. The number of nitrogens with two attached hydrogens (primary N) is 1. The molecule has 12 nitrogen and oxygen atoms in total. The Morgan fingerprint density at radius 1 is 1.00 bits per heavy atom. The number of nitrogens with zero attached hydrogens (tertiary/aromatic N) is 6. The molecule has 0 aromatic heterocycles. The molecular formula is C33H46Br2N8O4S. The molecule has 0 aliphatic carbocycles. The first-order chi connectivity index (χ1) is 23.0. The topological polar surface area (TPSA) is 126 Å². The standard InChI is InChI=1S/C33H46Br2N8O4S/c1-38-15-12-26(13-16-38)39-19-21-40(22-20-39)31(44)29(23-34)43(27-8-3-2-4-9-27)48(46,47)41-18-14-33(36,30(35)24-41)42-17-11-25-7-5-6-10-28(25)37-32(42)45/h2-10,26,29-30H,11-24,36H2,1H3,(H,37,45)/t29-,30?,33?/m0/s1. The van der Waals surface area contributed by atoms with Gasteiger partial charge in [0.2, 0.25) is 5.91 Å². The van der Waals surface area contributed by atoms with E-state index in [0.29, 0.717) is 37.8 Å². The molecule has 2 aromatic carbocycles. The van der Waals surface area contributed by atoms with Gasteiger partial charge in [-0.2, -0.15) is 12.7 Å². The molecule has 4 heterocycles. The molecule has 3 fully saturated rings. The molecule has 3 N–H and O–H groups in total. The van der Waals surface area contributed by atoms with Gasteiger partial charge in [0.1, 0.15) is 11.7 Å². The van der Waals surface area contributed by atoms with E-state index < -0.39 is 26.7 Å². The van der Waals surface area contributed by atoms with Crippen molar-refractivity contribution in [1.82, 2.24) is 23.9 Å². The fourth-order valence-corrected chi connectivity index (χ4v) is 11.0. The van der Waals surface area contributed by atoms with Crippen LogP contribution in [0.4, 0.5) is 16.2 Å². The number of amides is 3. The minimum Gasteiger partial charge on any atom is -0.338 e. The lowest BCUT2D eigenvalue weighted by Crippen LogP contribution is -2.70. The zero-order valence-corrected chi connectivity index (χ0v) is 31.4. The molecule has 2 aromatic rings. The number of hydrogen-bond acceptors (Lipinski definition) is 7. The van der Waals surface area contributed by atoms with Crippen molar-refractivity contribution in [3.8, 4) is 0 Å². The average molecular weight is 811 g/mol. The number of para-hydroxylation sites is 2. The molecule has 4 aliphatic rings. The molecule has 0 spiro atoms. The number of urea groups is 1. The molecule has 0 saturated carbocycles. The van der Waals surface area contributed by atoms with Crippen LogP contribution in [0.3, 0.4) is 0 Å². The van der Waals surface area contributed by atoms with Crippen molar-refractivity contribution in [2.45, 2.75) is 48.3 Å². The van der Waals surface area contributed by atoms with Gasteiger partial charge in [0.05, 0.1) is 10.5 Å². The number of piperazine rings is 1. The highest BCUT2D eigenvalue weighted by Crippen LogP contribution is 2.35. The first kappa shape index (κ1) is 35.6. The number of alkyl halides is 2. The molecule has 0 bridgehead atoms. The summed E-state index contributed by atoms with van der Waals surface area (Å²) in [5.74, 6) is -0.219. The van der Waals surface area contributed by atoms with Crippen LogP contribution in [0.1, 0.15) is 24.8 Å². The third-order valence-corrected chi connectivity index (χ3v) is 14.1. The molecule has 3 atom stereocenters. The van der Waals surface area contributed by atoms with Gasteiger partial charge < -0.3 is 25.8 Å². The van der Waals surface area contributed by atoms with Gasteiger partial charge in [0.15, 0.2) is 0 Å². The first-order valence-electron chi connectivity index (χ1n) is 16.7. The maximum atomic E-state index is 14.7. The van der Waals surface area contributed by atoms with Crippen LogP contribution in [-0.2, 0) is 21.4 Å². The van der Waals surface area contributed by atoms with E-state index in [9.17, 15) is 18.0 Å². The summed E-state index contributed by atoms with van der Waals surface area (Å²) >= 11 is 7.22. The van der Waals surface area contributed by atoms with Gasteiger partial charge in [-0.3, -0.25) is 9.69 Å². The Morgan fingerprint density at radius 3 is 2.33 bits per heavy atom. The summed E-state index contributed by atoms with van der Waals surface area (Å²) in [6, 6.07) is 15.7. The minimum atomic E-state index is -4.21. The number of likely N-dealkylation sites (tertiary alicyclic amines) is 1.